The van der Waals surface area contributed by atoms with E-state index in [0.29, 0.717) is 24.5 Å². The third-order valence-electron chi connectivity index (χ3n) is 3.56. The van der Waals surface area contributed by atoms with Crippen LogP contribution < -0.4 is 5.32 Å². The Morgan fingerprint density at radius 1 is 1.43 bits per heavy atom. The minimum Gasteiger partial charge on any atom is -0.478 e. The molecule has 1 unspecified atom stereocenters. The maximum absolute atomic E-state index is 12.3. The summed E-state index contributed by atoms with van der Waals surface area (Å²) in [4.78, 5) is 37.3. The summed E-state index contributed by atoms with van der Waals surface area (Å²) in [7, 11) is 0. The van der Waals surface area contributed by atoms with Crippen molar-refractivity contribution in [2.75, 3.05) is 18.4 Å². The van der Waals surface area contributed by atoms with E-state index in [2.05, 4.69) is 5.32 Å². The summed E-state index contributed by atoms with van der Waals surface area (Å²) in [6.45, 7) is 4.36. The molecule has 1 aromatic rings. The fraction of sp³-hybridized carbons (Fsp3) is 0.500. The highest BCUT2D eigenvalue weighted by Crippen LogP contribution is 2.29. The largest absolute Gasteiger partial charge is 0.478 e. The zero-order valence-electron chi connectivity index (χ0n) is 12.0. The lowest BCUT2D eigenvalue weighted by Gasteiger charge is -2.31. The van der Waals surface area contributed by atoms with Gasteiger partial charge < -0.3 is 15.3 Å². The number of hydrogen-bond acceptors (Lipinski definition) is 4. The minimum atomic E-state index is -1.05. The van der Waals surface area contributed by atoms with Gasteiger partial charge in [-0.3, -0.25) is 9.59 Å². The number of carboxylic acid groups (broad SMARTS) is 1. The van der Waals surface area contributed by atoms with Crippen LogP contribution >= 0.6 is 11.3 Å². The monoisotopic (exact) mass is 310 g/mol. The Balaban J connectivity index is 2.07. The molecule has 2 heterocycles. The Morgan fingerprint density at radius 3 is 2.76 bits per heavy atom. The van der Waals surface area contributed by atoms with Gasteiger partial charge in [-0.2, -0.15) is 0 Å². The molecule has 2 amide bonds. The first kappa shape index (κ1) is 15.5. The lowest BCUT2D eigenvalue weighted by Crippen LogP contribution is -2.42. The Bertz CT molecular complexity index is 582. The summed E-state index contributed by atoms with van der Waals surface area (Å²) in [5, 5.41) is 12.2. The molecule has 1 aliphatic rings. The van der Waals surface area contributed by atoms with E-state index in [-0.39, 0.29) is 23.3 Å². The number of amides is 2. The van der Waals surface area contributed by atoms with E-state index in [1.165, 1.54) is 18.3 Å². The van der Waals surface area contributed by atoms with Crippen LogP contribution in [0.5, 0.6) is 0 Å². The molecular weight excluding hydrogens is 292 g/mol. The number of rotatable bonds is 3. The van der Waals surface area contributed by atoms with E-state index in [1.54, 1.807) is 17.9 Å². The molecule has 6 nitrogen and oxygen atoms in total. The fourth-order valence-electron chi connectivity index (χ4n) is 2.46. The lowest BCUT2D eigenvalue weighted by molar-refractivity contribution is -0.132. The van der Waals surface area contributed by atoms with Crippen molar-refractivity contribution in [3.05, 3.63) is 16.5 Å². The van der Waals surface area contributed by atoms with Gasteiger partial charge in [0, 0.05) is 24.9 Å². The number of carbonyl (C=O) groups is 3. The quantitative estimate of drug-likeness (QED) is 0.893. The van der Waals surface area contributed by atoms with Crippen molar-refractivity contribution < 1.29 is 19.5 Å². The number of likely N-dealkylation sites (tertiary alicyclic amines) is 1. The molecule has 0 aromatic carbocycles. The maximum Gasteiger partial charge on any atom is 0.338 e. The Labute approximate surface area is 126 Å². The number of carboxylic acids is 1. The zero-order chi connectivity index (χ0) is 15.6. The Kier molecular flexibility index (Phi) is 4.62. The first-order valence-corrected chi connectivity index (χ1v) is 7.60. The summed E-state index contributed by atoms with van der Waals surface area (Å²) in [5.74, 6) is -1.59. The molecule has 0 radical (unpaired) electrons. The molecule has 1 aromatic heterocycles. The lowest BCUT2D eigenvalue weighted by atomic mass is 9.97. The highest BCUT2D eigenvalue weighted by molar-refractivity contribution is 7.16. The standard InChI is InChI=1S/C14H18N2O4S/c1-8-6-11(14(19)20)13(21-8)15-12(18)10-4-3-5-16(7-10)9(2)17/h6,10H,3-5,7H2,1-2H3,(H,15,18)(H,19,20). The van der Waals surface area contributed by atoms with Crippen molar-refractivity contribution in [2.24, 2.45) is 5.92 Å². The van der Waals surface area contributed by atoms with Gasteiger partial charge in [0.05, 0.1) is 11.5 Å². The maximum atomic E-state index is 12.3. The van der Waals surface area contributed by atoms with Gasteiger partial charge in [-0.05, 0) is 25.8 Å². The molecule has 21 heavy (non-hydrogen) atoms. The average molecular weight is 310 g/mol. The number of anilines is 1. The predicted molar refractivity (Wildman–Crippen MR) is 79.6 cm³/mol. The van der Waals surface area contributed by atoms with Crippen LogP contribution in [0.25, 0.3) is 0 Å². The summed E-state index contributed by atoms with van der Waals surface area (Å²) >= 11 is 1.25. The summed E-state index contributed by atoms with van der Waals surface area (Å²) in [6, 6.07) is 1.55. The molecule has 0 spiro atoms. The first-order valence-electron chi connectivity index (χ1n) is 6.78. The van der Waals surface area contributed by atoms with E-state index in [0.717, 1.165) is 11.3 Å². The van der Waals surface area contributed by atoms with Gasteiger partial charge in [0.1, 0.15) is 5.00 Å². The molecule has 2 rings (SSSR count). The third kappa shape index (κ3) is 3.60. The van der Waals surface area contributed by atoms with Crippen LogP contribution in [0.4, 0.5) is 5.00 Å². The number of aryl methyl sites for hydroxylation is 1. The van der Waals surface area contributed by atoms with Crippen molar-refractivity contribution in [1.82, 2.24) is 4.90 Å². The number of aromatic carboxylic acids is 1. The smallest absolute Gasteiger partial charge is 0.338 e. The number of piperidine rings is 1. The molecular formula is C14H18N2O4S. The van der Waals surface area contributed by atoms with Gasteiger partial charge in [-0.15, -0.1) is 11.3 Å². The van der Waals surface area contributed by atoms with Gasteiger partial charge in [-0.25, -0.2) is 4.79 Å². The second-order valence-electron chi connectivity index (χ2n) is 5.20. The van der Waals surface area contributed by atoms with Gasteiger partial charge in [0.25, 0.3) is 0 Å². The minimum absolute atomic E-state index is 0.0364. The van der Waals surface area contributed by atoms with Crippen LogP contribution in [-0.2, 0) is 9.59 Å². The van der Waals surface area contributed by atoms with Crippen molar-refractivity contribution >= 4 is 34.1 Å². The van der Waals surface area contributed by atoms with E-state index >= 15 is 0 Å². The zero-order valence-corrected chi connectivity index (χ0v) is 12.8. The average Bonchev–Trinajstić information content (AvgIpc) is 2.80. The van der Waals surface area contributed by atoms with E-state index in [1.807, 2.05) is 0 Å². The number of nitrogens with one attached hydrogen (secondary N) is 1. The topological polar surface area (TPSA) is 86.7 Å². The highest BCUT2D eigenvalue weighted by Gasteiger charge is 2.28. The summed E-state index contributed by atoms with van der Waals surface area (Å²) < 4.78 is 0. The number of thiophene rings is 1. The highest BCUT2D eigenvalue weighted by atomic mass is 32.1. The fourth-order valence-corrected chi connectivity index (χ4v) is 3.36. The van der Waals surface area contributed by atoms with Crippen molar-refractivity contribution in [2.45, 2.75) is 26.7 Å². The van der Waals surface area contributed by atoms with Gasteiger partial charge in [0.2, 0.25) is 11.8 Å². The van der Waals surface area contributed by atoms with Crippen LogP contribution in [-0.4, -0.2) is 40.9 Å². The van der Waals surface area contributed by atoms with Gasteiger partial charge >= 0.3 is 5.97 Å². The molecule has 0 saturated carbocycles. The van der Waals surface area contributed by atoms with Crippen LogP contribution in [0, 0.1) is 12.8 Å². The first-order chi connectivity index (χ1) is 9.88. The normalized spacial score (nSPS) is 18.4. The van der Waals surface area contributed by atoms with Crippen LogP contribution in [0.3, 0.4) is 0 Å². The molecule has 1 saturated heterocycles. The number of hydrogen-bond donors (Lipinski definition) is 2. The predicted octanol–water partition coefficient (Wildman–Crippen LogP) is 1.95. The molecule has 1 atom stereocenters. The molecule has 114 valence electrons. The Hall–Kier alpha value is -1.89. The van der Waals surface area contributed by atoms with Gasteiger partial charge in [0.15, 0.2) is 0 Å². The van der Waals surface area contributed by atoms with Gasteiger partial charge in [-0.1, -0.05) is 0 Å². The molecule has 1 aliphatic heterocycles. The van der Waals surface area contributed by atoms with Crippen molar-refractivity contribution in [3.8, 4) is 0 Å². The van der Waals surface area contributed by atoms with Crippen LogP contribution in [0.15, 0.2) is 6.07 Å². The van der Waals surface area contributed by atoms with E-state index in [4.69, 9.17) is 5.11 Å². The van der Waals surface area contributed by atoms with Crippen molar-refractivity contribution in [1.29, 1.82) is 0 Å². The van der Waals surface area contributed by atoms with Crippen LogP contribution in [0.2, 0.25) is 0 Å². The van der Waals surface area contributed by atoms with E-state index in [9.17, 15) is 14.4 Å². The summed E-state index contributed by atoms with van der Waals surface area (Å²) in [6.07, 6.45) is 1.50. The second-order valence-corrected chi connectivity index (χ2v) is 6.45. The molecule has 2 N–H and O–H groups in total. The molecule has 0 bridgehead atoms. The second kappa shape index (κ2) is 6.26. The molecule has 0 aliphatic carbocycles. The summed E-state index contributed by atoms with van der Waals surface area (Å²) in [5.41, 5.74) is 0.116. The molecule has 7 heteroatoms. The molecule has 1 fully saturated rings. The number of carbonyl (C=O) groups excluding carboxylic acids is 2. The SMILES string of the molecule is CC(=O)N1CCCC(C(=O)Nc2sc(C)cc2C(=O)O)C1. The number of nitrogens with zero attached hydrogens (tertiary/aromatic N) is 1. The van der Waals surface area contributed by atoms with E-state index < -0.39 is 5.97 Å². The van der Waals surface area contributed by atoms with Crippen molar-refractivity contribution in [3.63, 3.8) is 0 Å². The van der Waals surface area contributed by atoms with Crippen LogP contribution in [0.1, 0.15) is 35.0 Å². The Morgan fingerprint density at radius 2 is 2.14 bits per heavy atom. The third-order valence-corrected chi connectivity index (χ3v) is 4.53.